The van der Waals surface area contributed by atoms with E-state index in [-0.39, 0.29) is 5.69 Å². The number of rotatable bonds is 4. The number of fused-ring (bicyclic) bond motifs is 2. The highest BCUT2D eigenvalue weighted by atomic mass is 16.6. The standard InChI is InChI=1S/C32H28N4O2/c1-21-20-23(36-18-8-9-19-36)14-15-25(21)32(30-28(31(37)38-32)33-16-17-34-30)27-24-12-6-7-13-26(24)35(2)29(27)22-10-4-3-5-11-22/h3-7,10-17,20H,8-9,18-19H2,1-2H3. The quantitative estimate of drug-likeness (QED) is 0.283. The van der Waals surface area contributed by atoms with E-state index >= 15 is 0 Å². The van der Waals surface area contributed by atoms with Crippen LogP contribution in [0.4, 0.5) is 5.69 Å². The molecule has 5 aromatic rings. The Bertz CT molecular complexity index is 1700. The molecule has 2 aromatic heterocycles. The molecular formula is C32H28N4O2. The lowest BCUT2D eigenvalue weighted by atomic mass is 9.79. The number of anilines is 1. The summed E-state index contributed by atoms with van der Waals surface area (Å²) in [5.41, 5.74) is 6.70. The first kappa shape index (κ1) is 22.7. The average Bonchev–Trinajstić information content (AvgIpc) is 3.66. The molecule has 0 saturated carbocycles. The van der Waals surface area contributed by atoms with Gasteiger partial charge in [-0.3, -0.25) is 4.98 Å². The van der Waals surface area contributed by atoms with E-state index in [1.54, 1.807) is 12.4 Å². The third kappa shape index (κ3) is 3.16. The molecule has 1 unspecified atom stereocenters. The molecule has 0 radical (unpaired) electrons. The minimum atomic E-state index is -1.25. The molecule has 1 fully saturated rings. The Hall–Kier alpha value is -4.45. The Morgan fingerprint density at radius 2 is 1.63 bits per heavy atom. The fourth-order valence-electron chi connectivity index (χ4n) is 6.37. The molecule has 0 bridgehead atoms. The van der Waals surface area contributed by atoms with Crippen LogP contribution in [-0.4, -0.2) is 33.6 Å². The van der Waals surface area contributed by atoms with Crippen LogP contribution in [0.15, 0.2) is 85.2 Å². The number of nitrogens with zero attached hydrogens (tertiary/aromatic N) is 4. The number of aryl methyl sites for hydroxylation is 2. The van der Waals surface area contributed by atoms with Gasteiger partial charge in [0.15, 0.2) is 5.69 Å². The average molecular weight is 501 g/mol. The molecule has 7 rings (SSSR count). The summed E-state index contributed by atoms with van der Waals surface area (Å²) in [6.45, 7) is 4.23. The van der Waals surface area contributed by atoms with Crippen LogP contribution >= 0.6 is 0 Å². The van der Waals surface area contributed by atoms with Gasteiger partial charge in [-0.2, -0.15) is 0 Å². The number of aromatic nitrogens is 3. The fourth-order valence-corrected chi connectivity index (χ4v) is 6.37. The Kier molecular flexibility index (Phi) is 5.11. The fraction of sp³-hybridized carbons (Fsp3) is 0.219. The van der Waals surface area contributed by atoms with E-state index in [4.69, 9.17) is 9.72 Å². The zero-order valence-corrected chi connectivity index (χ0v) is 21.5. The van der Waals surface area contributed by atoms with E-state index in [1.807, 2.05) is 30.3 Å². The topological polar surface area (TPSA) is 60.2 Å². The van der Waals surface area contributed by atoms with Crippen LogP contribution in [0.5, 0.6) is 0 Å². The van der Waals surface area contributed by atoms with Gasteiger partial charge in [0.25, 0.3) is 0 Å². The minimum Gasteiger partial charge on any atom is -0.438 e. The lowest BCUT2D eigenvalue weighted by Crippen LogP contribution is -2.32. The van der Waals surface area contributed by atoms with Crippen LogP contribution in [0, 0.1) is 6.92 Å². The molecule has 6 nitrogen and oxygen atoms in total. The lowest BCUT2D eigenvalue weighted by molar-refractivity contribution is 0.0245. The molecule has 0 spiro atoms. The van der Waals surface area contributed by atoms with Crippen molar-refractivity contribution in [2.24, 2.45) is 7.05 Å². The van der Waals surface area contributed by atoms with Crippen molar-refractivity contribution < 1.29 is 9.53 Å². The van der Waals surface area contributed by atoms with E-state index in [0.29, 0.717) is 5.69 Å². The van der Waals surface area contributed by atoms with Gasteiger partial charge in [0.05, 0.1) is 5.69 Å². The number of esters is 1. The molecule has 0 amide bonds. The van der Waals surface area contributed by atoms with Crippen molar-refractivity contribution in [2.75, 3.05) is 18.0 Å². The predicted octanol–water partition coefficient (Wildman–Crippen LogP) is 6.01. The van der Waals surface area contributed by atoms with Gasteiger partial charge in [-0.1, -0.05) is 54.6 Å². The summed E-state index contributed by atoms with van der Waals surface area (Å²) in [6.07, 6.45) is 5.63. The second kappa shape index (κ2) is 8.55. The highest BCUT2D eigenvalue weighted by Gasteiger charge is 2.54. The Morgan fingerprint density at radius 3 is 2.42 bits per heavy atom. The van der Waals surface area contributed by atoms with Crippen LogP contribution in [-0.2, 0) is 17.4 Å². The molecule has 1 atom stereocenters. The summed E-state index contributed by atoms with van der Waals surface area (Å²) in [4.78, 5) is 25.1. The lowest BCUT2D eigenvalue weighted by Gasteiger charge is -2.32. The summed E-state index contributed by atoms with van der Waals surface area (Å²) in [6, 6.07) is 25.1. The first-order chi connectivity index (χ1) is 18.6. The minimum absolute atomic E-state index is 0.266. The summed E-state index contributed by atoms with van der Waals surface area (Å²) in [7, 11) is 2.07. The molecule has 2 aliphatic heterocycles. The number of carbonyl (C=O) groups excluding carboxylic acids is 1. The third-order valence-electron chi connectivity index (χ3n) is 8.04. The number of benzene rings is 3. The van der Waals surface area contributed by atoms with Gasteiger partial charge in [0.2, 0.25) is 5.60 Å². The highest BCUT2D eigenvalue weighted by molar-refractivity contribution is 5.99. The Labute approximate surface area is 221 Å². The molecule has 38 heavy (non-hydrogen) atoms. The Morgan fingerprint density at radius 1 is 0.895 bits per heavy atom. The van der Waals surface area contributed by atoms with Gasteiger partial charge in [-0.05, 0) is 49.1 Å². The first-order valence-electron chi connectivity index (χ1n) is 13.1. The van der Waals surface area contributed by atoms with Gasteiger partial charge >= 0.3 is 5.97 Å². The number of ether oxygens (including phenoxy) is 1. The van der Waals surface area contributed by atoms with Gasteiger partial charge in [0.1, 0.15) is 5.69 Å². The molecule has 4 heterocycles. The molecule has 6 heteroatoms. The van der Waals surface area contributed by atoms with E-state index in [0.717, 1.165) is 51.9 Å². The monoisotopic (exact) mass is 500 g/mol. The second-order valence-corrected chi connectivity index (χ2v) is 10.2. The van der Waals surface area contributed by atoms with Gasteiger partial charge in [0, 0.05) is 60.2 Å². The zero-order valence-electron chi connectivity index (χ0n) is 21.5. The first-order valence-corrected chi connectivity index (χ1v) is 13.1. The van der Waals surface area contributed by atoms with Gasteiger partial charge in [-0.15, -0.1) is 0 Å². The van der Waals surface area contributed by atoms with E-state index < -0.39 is 11.6 Å². The largest absolute Gasteiger partial charge is 0.438 e. The van der Waals surface area contributed by atoms with Crippen molar-refractivity contribution in [3.05, 3.63) is 113 Å². The van der Waals surface area contributed by atoms with Crippen molar-refractivity contribution >= 4 is 22.6 Å². The summed E-state index contributed by atoms with van der Waals surface area (Å²) in [5, 5.41) is 1.02. The molecule has 1 saturated heterocycles. The van der Waals surface area contributed by atoms with Crippen molar-refractivity contribution in [2.45, 2.75) is 25.4 Å². The molecule has 0 N–H and O–H groups in total. The second-order valence-electron chi connectivity index (χ2n) is 10.2. The molecule has 188 valence electrons. The molecule has 3 aromatic carbocycles. The van der Waals surface area contributed by atoms with E-state index in [9.17, 15) is 4.79 Å². The zero-order chi connectivity index (χ0) is 25.9. The number of hydrogen-bond acceptors (Lipinski definition) is 5. The normalized spacial score (nSPS) is 18.7. The maximum Gasteiger partial charge on any atom is 0.360 e. The summed E-state index contributed by atoms with van der Waals surface area (Å²) >= 11 is 0. The van der Waals surface area contributed by atoms with Crippen molar-refractivity contribution in [3.8, 4) is 11.3 Å². The SMILES string of the molecule is Cc1cc(N2CCCC2)ccc1C1(c2c(-c3ccccc3)n(C)c3ccccc23)OC(=O)c2nccnc21. The molecule has 0 aliphatic carbocycles. The van der Waals surface area contributed by atoms with E-state index in [1.165, 1.54) is 18.5 Å². The number of cyclic esters (lactones) is 1. The summed E-state index contributed by atoms with van der Waals surface area (Å²) < 4.78 is 8.72. The maximum atomic E-state index is 13.5. The predicted molar refractivity (Wildman–Crippen MR) is 148 cm³/mol. The highest BCUT2D eigenvalue weighted by Crippen LogP contribution is 2.52. The molecular weight excluding hydrogens is 472 g/mol. The smallest absolute Gasteiger partial charge is 0.360 e. The Balaban J connectivity index is 1.59. The van der Waals surface area contributed by atoms with Crippen LogP contribution in [0.3, 0.4) is 0 Å². The third-order valence-corrected chi connectivity index (χ3v) is 8.04. The number of carbonyl (C=O) groups is 1. The maximum absolute atomic E-state index is 13.5. The van der Waals surface area contributed by atoms with E-state index in [2.05, 4.69) is 70.9 Å². The molecule has 2 aliphatic rings. The van der Waals surface area contributed by atoms with Crippen molar-refractivity contribution in [1.29, 1.82) is 0 Å². The van der Waals surface area contributed by atoms with Gasteiger partial charge < -0.3 is 14.2 Å². The van der Waals surface area contributed by atoms with Crippen molar-refractivity contribution in [3.63, 3.8) is 0 Å². The van der Waals surface area contributed by atoms with Gasteiger partial charge in [-0.25, -0.2) is 9.78 Å². The number of para-hydroxylation sites is 1. The summed E-state index contributed by atoms with van der Waals surface area (Å²) in [5.74, 6) is -0.455. The van der Waals surface area contributed by atoms with Crippen LogP contribution in [0.1, 0.15) is 45.7 Å². The van der Waals surface area contributed by atoms with Crippen LogP contribution in [0.25, 0.3) is 22.2 Å². The van der Waals surface area contributed by atoms with Crippen molar-refractivity contribution in [1.82, 2.24) is 14.5 Å². The van der Waals surface area contributed by atoms with Crippen LogP contribution in [0.2, 0.25) is 0 Å². The van der Waals surface area contributed by atoms with Crippen LogP contribution < -0.4 is 4.90 Å². The number of hydrogen-bond donors (Lipinski definition) is 0.